The van der Waals surface area contributed by atoms with Crippen LogP contribution in [0.25, 0.3) is 73.6 Å². The summed E-state index contributed by atoms with van der Waals surface area (Å²) in [6, 6.07) is 41.6. The first-order valence-electron chi connectivity index (χ1n) is 12.1. The zero-order valence-corrected chi connectivity index (χ0v) is 20.9. The quantitative estimate of drug-likeness (QED) is 0.233. The van der Waals surface area contributed by atoms with E-state index in [0.29, 0.717) is 0 Å². The zero-order valence-electron chi connectivity index (χ0n) is 19.2. The summed E-state index contributed by atoms with van der Waals surface area (Å²) in [5, 5.41) is 6.51. The molecule has 0 unspecified atom stereocenters. The molecule has 0 bridgehead atoms. The second-order valence-corrected chi connectivity index (χ2v) is 11.3. The Morgan fingerprint density at radius 2 is 1.11 bits per heavy atom. The second-order valence-electron chi connectivity index (χ2n) is 9.17. The van der Waals surface area contributed by atoms with E-state index in [0.717, 1.165) is 16.8 Å². The van der Waals surface area contributed by atoms with E-state index < -0.39 is 0 Å². The van der Waals surface area contributed by atoms with E-state index in [1.165, 1.54) is 56.9 Å². The maximum atomic E-state index is 5.19. The average molecular weight is 494 g/mol. The molecule has 8 rings (SSSR count). The largest absolute Gasteiger partial charge is 0.246 e. The third kappa shape index (κ3) is 2.97. The first-order valence-corrected chi connectivity index (χ1v) is 13.7. The highest BCUT2D eigenvalue weighted by atomic mass is 32.1. The van der Waals surface area contributed by atoms with E-state index in [1.54, 1.807) is 0 Å². The minimum atomic E-state index is 1.04. The first kappa shape index (κ1) is 20.2. The van der Waals surface area contributed by atoms with Crippen LogP contribution in [0.5, 0.6) is 0 Å². The van der Waals surface area contributed by atoms with Gasteiger partial charge in [0, 0.05) is 46.6 Å². The number of nitrogens with zero attached hydrogens (tertiary/aromatic N) is 1. The fourth-order valence-corrected chi connectivity index (χ4v) is 7.75. The number of para-hydroxylation sites is 1. The Labute approximate surface area is 215 Å². The molecule has 3 heterocycles. The molecule has 168 valence electrons. The number of aromatic nitrogens is 1. The normalized spacial score (nSPS) is 11.9. The molecule has 1 nitrogen and oxygen atoms in total. The van der Waals surface area contributed by atoms with Crippen molar-refractivity contribution in [1.82, 2.24) is 4.98 Å². The lowest BCUT2D eigenvalue weighted by Crippen LogP contribution is -1.88. The minimum absolute atomic E-state index is 1.04. The Kier molecular flexibility index (Phi) is 4.33. The number of fused-ring (bicyclic) bond motifs is 8. The molecule has 5 aromatic carbocycles. The van der Waals surface area contributed by atoms with Crippen LogP contribution in [-0.2, 0) is 0 Å². The number of benzene rings is 5. The van der Waals surface area contributed by atoms with Crippen LogP contribution in [0.3, 0.4) is 0 Å². The van der Waals surface area contributed by atoms with E-state index in [2.05, 4.69) is 115 Å². The Balaban J connectivity index is 1.36. The molecule has 0 aliphatic carbocycles. The predicted molar refractivity (Wildman–Crippen MR) is 158 cm³/mol. The van der Waals surface area contributed by atoms with Crippen LogP contribution in [0.1, 0.15) is 0 Å². The number of thiophene rings is 2. The van der Waals surface area contributed by atoms with Gasteiger partial charge in [-0.05, 0) is 41.5 Å². The average Bonchev–Trinajstić information content (AvgIpc) is 3.51. The molecule has 8 aromatic rings. The fourth-order valence-electron chi connectivity index (χ4n) is 5.38. The van der Waals surface area contributed by atoms with Gasteiger partial charge in [-0.1, -0.05) is 84.9 Å². The van der Waals surface area contributed by atoms with Crippen LogP contribution in [-0.4, -0.2) is 4.98 Å². The highest BCUT2D eigenvalue weighted by molar-refractivity contribution is 7.26. The molecular formula is C33H19NS2. The molecule has 3 aromatic heterocycles. The van der Waals surface area contributed by atoms with Crippen molar-refractivity contribution in [3.63, 3.8) is 0 Å². The van der Waals surface area contributed by atoms with Crippen molar-refractivity contribution in [3.05, 3.63) is 115 Å². The van der Waals surface area contributed by atoms with Gasteiger partial charge in [-0.2, -0.15) is 0 Å². The molecule has 0 spiro atoms. The third-order valence-corrected chi connectivity index (χ3v) is 9.38. The zero-order chi connectivity index (χ0) is 23.6. The Morgan fingerprint density at radius 3 is 2.00 bits per heavy atom. The smallest absolute Gasteiger partial charge is 0.0888 e. The van der Waals surface area contributed by atoms with Gasteiger partial charge in [0.05, 0.1) is 15.9 Å². The van der Waals surface area contributed by atoms with E-state index in [-0.39, 0.29) is 0 Å². The first-order chi connectivity index (χ1) is 17.8. The third-order valence-electron chi connectivity index (χ3n) is 7.06. The minimum Gasteiger partial charge on any atom is -0.246 e. The second kappa shape index (κ2) is 7.72. The molecule has 3 heteroatoms. The number of rotatable bonds is 2. The summed E-state index contributed by atoms with van der Waals surface area (Å²) in [6.45, 7) is 0. The molecule has 0 amide bonds. The molecule has 0 aliphatic heterocycles. The highest BCUT2D eigenvalue weighted by Gasteiger charge is 2.16. The molecule has 0 aliphatic rings. The van der Waals surface area contributed by atoms with Crippen molar-refractivity contribution in [3.8, 4) is 22.4 Å². The summed E-state index contributed by atoms with van der Waals surface area (Å²) in [4.78, 5) is 5.19. The van der Waals surface area contributed by atoms with Gasteiger partial charge >= 0.3 is 0 Å². The van der Waals surface area contributed by atoms with Crippen LogP contribution in [0.15, 0.2) is 115 Å². The van der Waals surface area contributed by atoms with E-state index in [4.69, 9.17) is 4.98 Å². The summed E-state index contributed by atoms with van der Waals surface area (Å²) >= 11 is 3.71. The van der Waals surface area contributed by atoms with Crippen LogP contribution < -0.4 is 0 Å². The van der Waals surface area contributed by atoms with E-state index >= 15 is 0 Å². The van der Waals surface area contributed by atoms with Gasteiger partial charge in [0.25, 0.3) is 0 Å². The molecule has 0 saturated heterocycles. The van der Waals surface area contributed by atoms with Gasteiger partial charge in [-0.3, -0.25) is 0 Å². The Morgan fingerprint density at radius 1 is 0.444 bits per heavy atom. The van der Waals surface area contributed by atoms with Gasteiger partial charge in [-0.15, -0.1) is 22.7 Å². The Bertz CT molecular complexity index is 2110. The summed E-state index contributed by atoms with van der Waals surface area (Å²) in [6.07, 6.45) is 0. The van der Waals surface area contributed by atoms with Gasteiger partial charge in [0.2, 0.25) is 0 Å². The van der Waals surface area contributed by atoms with Crippen molar-refractivity contribution in [2.75, 3.05) is 0 Å². The maximum absolute atomic E-state index is 5.19. The number of hydrogen-bond acceptors (Lipinski definition) is 3. The summed E-state index contributed by atoms with van der Waals surface area (Å²) in [5.41, 5.74) is 5.72. The highest BCUT2D eigenvalue weighted by Crippen LogP contribution is 2.43. The van der Waals surface area contributed by atoms with Crippen LogP contribution in [0.4, 0.5) is 0 Å². The van der Waals surface area contributed by atoms with Crippen molar-refractivity contribution in [2.24, 2.45) is 0 Å². The van der Waals surface area contributed by atoms with Crippen molar-refractivity contribution >= 4 is 73.9 Å². The summed E-state index contributed by atoms with van der Waals surface area (Å²) < 4.78 is 5.23. The standard InChI is InChI=1S/C33H19NS2/c1-4-13-27-25(11-1)31-26-12-3-6-15-29(26)36-33(31)32(34-27)22-9-7-8-20(18-22)21-16-17-24-23-10-2-5-14-28(23)35-30(24)19-21/h1-19H. The number of pyridine rings is 1. The molecule has 0 radical (unpaired) electrons. The van der Waals surface area contributed by atoms with Crippen molar-refractivity contribution in [2.45, 2.75) is 0 Å². The van der Waals surface area contributed by atoms with Gasteiger partial charge in [0.1, 0.15) is 0 Å². The lowest BCUT2D eigenvalue weighted by atomic mass is 9.99. The number of hydrogen-bond donors (Lipinski definition) is 0. The van der Waals surface area contributed by atoms with E-state index in [9.17, 15) is 0 Å². The predicted octanol–water partition coefficient (Wildman–Crippen LogP) is 10.3. The fraction of sp³-hybridized carbons (Fsp3) is 0. The van der Waals surface area contributed by atoms with Crippen LogP contribution in [0, 0.1) is 0 Å². The molecule has 0 fully saturated rings. The van der Waals surface area contributed by atoms with Crippen LogP contribution >= 0.6 is 22.7 Å². The summed E-state index contributed by atoms with van der Waals surface area (Å²) in [7, 11) is 0. The lowest BCUT2D eigenvalue weighted by Gasteiger charge is -2.09. The molecule has 0 saturated carbocycles. The molecule has 36 heavy (non-hydrogen) atoms. The van der Waals surface area contributed by atoms with Gasteiger partial charge in [-0.25, -0.2) is 4.98 Å². The molecule has 0 N–H and O–H groups in total. The summed E-state index contributed by atoms with van der Waals surface area (Å²) in [5.74, 6) is 0. The van der Waals surface area contributed by atoms with Crippen molar-refractivity contribution < 1.29 is 0 Å². The van der Waals surface area contributed by atoms with Crippen LogP contribution in [0.2, 0.25) is 0 Å². The van der Waals surface area contributed by atoms with Crippen molar-refractivity contribution in [1.29, 1.82) is 0 Å². The lowest BCUT2D eigenvalue weighted by molar-refractivity contribution is 1.44. The maximum Gasteiger partial charge on any atom is 0.0888 e. The monoisotopic (exact) mass is 493 g/mol. The Hall–Kier alpha value is -4.05. The topological polar surface area (TPSA) is 12.9 Å². The van der Waals surface area contributed by atoms with Gasteiger partial charge < -0.3 is 0 Å². The SMILES string of the molecule is c1cc(-c2ccc3c(c2)sc2ccccc23)cc(-c2nc3ccccc3c3c2sc2ccccc23)c1. The molecule has 0 atom stereocenters. The van der Waals surface area contributed by atoms with E-state index in [1.807, 2.05) is 22.7 Å². The molecular weight excluding hydrogens is 475 g/mol. The van der Waals surface area contributed by atoms with Gasteiger partial charge in [0.15, 0.2) is 0 Å².